The van der Waals surface area contributed by atoms with Gasteiger partial charge in [-0.3, -0.25) is 0 Å². The van der Waals surface area contributed by atoms with Gasteiger partial charge < -0.3 is 0 Å². The second-order valence-corrected chi connectivity index (χ2v) is 17.5. The molecule has 1 heteroatoms. The normalized spacial score (nSPS) is 13.2. The molecule has 0 atom stereocenters. The molecule has 1 aliphatic rings. The van der Waals surface area contributed by atoms with E-state index in [1.165, 1.54) is 93.2 Å². The molecule has 0 unspecified atom stereocenters. The van der Waals surface area contributed by atoms with Crippen LogP contribution in [0.15, 0.2) is 198 Å². The van der Waals surface area contributed by atoms with E-state index in [1.54, 1.807) is 0 Å². The molecule has 56 heavy (non-hydrogen) atoms. The van der Waals surface area contributed by atoms with Crippen molar-refractivity contribution in [1.82, 2.24) is 0 Å². The maximum atomic E-state index is 2.48. The molecule has 0 bridgehead atoms. The van der Waals surface area contributed by atoms with Crippen LogP contribution in [0, 0.1) is 0 Å². The monoisotopic (exact) mass is 738 g/mol. The van der Waals surface area contributed by atoms with E-state index in [0.29, 0.717) is 0 Å². The first kappa shape index (κ1) is 35.8. The lowest BCUT2D eigenvalue weighted by molar-refractivity contribution is 0.580. The van der Waals surface area contributed by atoms with E-state index in [4.69, 9.17) is 0 Å². The second-order valence-electron chi connectivity index (χ2n) is 16.5. The van der Waals surface area contributed by atoms with Gasteiger partial charge in [0.15, 0.2) is 0 Å². The lowest BCUT2D eigenvalue weighted by atomic mass is 9.73. The predicted molar refractivity (Wildman–Crippen MR) is 240 cm³/mol. The largest absolute Gasteiger partial charge is 0.0888 e. The quantitative estimate of drug-likeness (QED) is 0.164. The zero-order chi connectivity index (χ0) is 38.4. The minimum atomic E-state index is -0.129. The molecule has 0 N–H and O–H groups in total. The van der Waals surface area contributed by atoms with Gasteiger partial charge in [0.05, 0.1) is 0 Å². The zero-order valence-corrected chi connectivity index (χ0v) is 33.6. The van der Waals surface area contributed by atoms with Crippen molar-refractivity contribution in [2.24, 2.45) is 0 Å². The third-order valence-corrected chi connectivity index (χ3v) is 12.7. The van der Waals surface area contributed by atoms with E-state index in [0.717, 1.165) is 0 Å². The van der Waals surface area contributed by atoms with Crippen LogP contribution in [0.1, 0.15) is 51.3 Å². The molecule has 0 nitrogen and oxygen atoms in total. The van der Waals surface area contributed by atoms with Gasteiger partial charge >= 0.3 is 0 Å². The number of hydrogen-bond acceptors (Lipinski definition) is 1. The summed E-state index contributed by atoms with van der Waals surface area (Å²) in [6.45, 7) is 11.8. The van der Waals surface area contributed by atoms with E-state index in [-0.39, 0.29) is 10.8 Å². The number of fused-ring (bicyclic) bond motifs is 2. The fourth-order valence-electron chi connectivity index (χ4n) is 8.72. The average Bonchev–Trinajstić information content (AvgIpc) is 3.23. The van der Waals surface area contributed by atoms with Gasteiger partial charge in [0.25, 0.3) is 0 Å². The molecule has 1 heterocycles. The van der Waals surface area contributed by atoms with Crippen molar-refractivity contribution in [3.05, 3.63) is 205 Å². The summed E-state index contributed by atoms with van der Waals surface area (Å²) in [6, 6.07) is 69.5. The van der Waals surface area contributed by atoms with Crippen molar-refractivity contribution >= 4 is 11.8 Å². The topological polar surface area (TPSA) is 0 Å². The highest BCUT2D eigenvalue weighted by Gasteiger charge is 2.36. The van der Waals surface area contributed by atoms with Crippen molar-refractivity contribution in [2.45, 2.75) is 55.2 Å². The van der Waals surface area contributed by atoms with Crippen LogP contribution in [-0.4, -0.2) is 0 Å². The lowest BCUT2D eigenvalue weighted by Crippen LogP contribution is -2.25. The lowest BCUT2D eigenvalue weighted by Gasteiger charge is -2.37. The summed E-state index contributed by atoms with van der Waals surface area (Å²) in [7, 11) is 0. The first-order chi connectivity index (χ1) is 27.2. The summed E-state index contributed by atoms with van der Waals surface area (Å²) in [5, 5.41) is 0. The zero-order valence-electron chi connectivity index (χ0n) is 32.8. The smallest absolute Gasteiger partial charge is 0.0244 e. The van der Waals surface area contributed by atoms with Gasteiger partial charge in [0.2, 0.25) is 0 Å². The number of benzene rings is 8. The maximum Gasteiger partial charge on any atom is 0.0244 e. The third kappa shape index (κ3) is 6.31. The number of rotatable bonds is 6. The molecule has 8 aromatic carbocycles. The second kappa shape index (κ2) is 14.3. The minimum Gasteiger partial charge on any atom is -0.0888 e. The van der Waals surface area contributed by atoms with Crippen LogP contribution in [-0.2, 0) is 10.8 Å². The van der Waals surface area contributed by atoms with E-state index >= 15 is 0 Å². The molecule has 272 valence electrons. The molecule has 0 saturated carbocycles. The van der Waals surface area contributed by atoms with E-state index in [1.807, 2.05) is 11.8 Å². The molecule has 9 rings (SSSR count). The van der Waals surface area contributed by atoms with Crippen molar-refractivity contribution in [2.75, 3.05) is 0 Å². The Balaban J connectivity index is 1.41. The first-order valence-electron chi connectivity index (χ1n) is 19.7. The SMILES string of the molecule is CC(C)(C)c1ccc2c(c1-c1cccc(-c3c(-c4ccccc4)c(-c4ccccc4)cc(-c4ccccc4)c3-c3ccccc3)c1)Sc1ccccc1C2(C)C. The molecule has 8 aromatic rings. The summed E-state index contributed by atoms with van der Waals surface area (Å²) in [6.07, 6.45) is 0. The maximum absolute atomic E-state index is 2.48. The molecule has 1 aliphatic heterocycles. The van der Waals surface area contributed by atoms with Gasteiger partial charge in [-0.15, -0.1) is 0 Å². The van der Waals surface area contributed by atoms with Gasteiger partial charge in [0, 0.05) is 15.2 Å². The van der Waals surface area contributed by atoms with E-state index < -0.39 is 0 Å². The third-order valence-electron chi connectivity index (χ3n) is 11.5. The Morgan fingerprint density at radius 2 is 0.821 bits per heavy atom. The van der Waals surface area contributed by atoms with E-state index in [9.17, 15) is 0 Å². The molecule has 0 fully saturated rings. The van der Waals surface area contributed by atoms with Crippen LogP contribution in [0.4, 0.5) is 0 Å². The van der Waals surface area contributed by atoms with Crippen LogP contribution in [0.3, 0.4) is 0 Å². The van der Waals surface area contributed by atoms with Gasteiger partial charge in [-0.1, -0.05) is 216 Å². The van der Waals surface area contributed by atoms with Crippen molar-refractivity contribution in [3.8, 4) is 66.8 Å². The molecule has 0 aromatic heterocycles. The summed E-state index contributed by atoms with van der Waals surface area (Å²) in [5.74, 6) is 0. The molecule has 0 amide bonds. The number of hydrogen-bond donors (Lipinski definition) is 0. The van der Waals surface area contributed by atoms with Gasteiger partial charge in [-0.2, -0.15) is 0 Å². The Morgan fingerprint density at radius 1 is 0.375 bits per heavy atom. The van der Waals surface area contributed by atoms with Crippen molar-refractivity contribution in [3.63, 3.8) is 0 Å². The molecule has 0 spiro atoms. The minimum absolute atomic E-state index is 0.0693. The Kier molecular flexibility index (Phi) is 9.15. The van der Waals surface area contributed by atoms with Crippen molar-refractivity contribution in [1.29, 1.82) is 0 Å². The van der Waals surface area contributed by atoms with Crippen LogP contribution >= 0.6 is 11.8 Å². The summed E-state index contributed by atoms with van der Waals surface area (Å²) < 4.78 is 0. The highest BCUT2D eigenvalue weighted by Crippen LogP contribution is 2.55. The summed E-state index contributed by atoms with van der Waals surface area (Å²) in [4.78, 5) is 2.71. The van der Waals surface area contributed by atoms with Crippen LogP contribution < -0.4 is 0 Å². The Morgan fingerprint density at radius 3 is 1.34 bits per heavy atom. The van der Waals surface area contributed by atoms with Crippen LogP contribution in [0.25, 0.3) is 66.8 Å². The van der Waals surface area contributed by atoms with Gasteiger partial charge in [-0.05, 0) is 107 Å². The molecule has 0 saturated heterocycles. The average molecular weight is 739 g/mol. The fourth-order valence-corrected chi connectivity index (χ4v) is 10.3. The predicted octanol–water partition coefficient (Wildman–Crippen LogP) is 15.8. The molecular weight excluding hydrogens is 693 g/mol. The van der Waals surface area contributed by atoms with Gasteiger partial charge in [0.1, 0.15) is 0 Å². The van der Waals surface area contributed by atoms with Gasteiger partial charge in [-0.25, -0.2) is 0 Å². The Hall–Kier alpha value is -5.89. The Bertz CT molecular complexity index is 2580. The van der Waals surface area contributed by atoms with Crippen molar-refractivity contribution < 1.29 is 0 Å². The van der Waals surface area contributed by atoms with E-state index in [2.05, 4.69) is 223 Å². The van der Waals surface area contributed by atoms with Crippen LogP contribution in [0.2, 0.25) is 0 Å². The first-order valence-corrected chi connectivity index (χ1v) is 20.5. The standard InChI is InChI=1S/C55H46S/c1-54(2,3)46-33-34-47-53(56-48-32-19-18-31-45(48)55(47,4)5)51(46)41-29-20-30-42(35-41)52-49(39-25-14-8-15-26-39)43(37-21-10-6-11-22-37)36-44(38-23-12-7-13-24-38)50(52)40-27-16-9-17-28-40/h6-36H,1-5H3. The fraction of sp³-hybridized carbons (Fsp3) is 0.127. The molecule has 0 aliphatic carbocycles. The molecular formula is C55H46S. The highest BCUT2D eigenvalue weighted by molar-refractivity contribution is 7.99. The van der Waals surface area contributed by atoms with Crippen LogP contribution in [0.5, 0.6) is 0 Å². The molecule has 0 radical (unpaired) electrons. The summed E-state index contributed by atoms with van der Waals surface area (Å²) >= 11 is 1.94. The summed E-state index contributed by atoms with van der Waals surface area (Å²) in [5.41, 5.74) is 18.7. The highest BCUT2D eigenvalue weighted by atomic mass is 32.2. The Labute approximate surface area is 337 Å².